The Bertz CT molecular complexity index is 1760. The van der Waals surface area contributed by atoms with Crippen LogP contribution >= 0.6 is 23.2 Å². The number of hydrogen-bond acceptors (Lipinski definition) is 11. The number of halogens is 2. The van der Waals surface area contributed by atoms with Gasteiger partial charge in [0.15, 0.2) is 0 Å². The summed E-state index contributed by atoms with van der Waals surface area (Å²) >= 11 is 12.8. The van der Waals surface area contributed by atoms with Gasteiger partial charge in [-0.3, -0.25) is 14.4 Å². The topological polar surface area (TPSA) is 200 Å². The van der Waals surface area contributed by atoms with E-state index >= 15 is 0 Å². The summed E-state index contributed by atoms with van der Waals surface area (Å²) in [5.74, 6) is -2.36. The number of methoxy groups -OCH3 is 2. The van der Waals surface area contributed by atoms with Crippen LogP contribution in [-0.2, 0) is 25.5 Å². The Hall–Kier alpha value is -5.25. The lowest BCUT2D eigenvalue weighted by Crippen LogP contribution is -2.49. The van der Waals surface area contributed by atoms with Crippen molar-refractivity contribution in [2.75, 3.05) is 47.1 Å². The molecule has 0 radical (unpaired) electrons. The van der Waals surface area contributed by atoms with Gasteiger partial charge in [0.25, 0.3) is 17.7 Å². The molecule has 3 aromatic rings. The molecule has 15 nitrogen and oxygen atoms in total. The lowest BCUT2D eigenvalue weighted by Gasteiger charge is -2.19. The molecule has 0 fully saturated rings. The lowest BCUT2D eigenvalue weighted by atomic mass is 10.1. The third-order valence-electron chi connectivity index (χ3n) is 6.94. The normalized spacial score (nSPS) is 11.5. The summed E-state index contributed by atoms with van der Waals surface area (Å²) in [6, 6.07) is 12.1. The Morgan fingerprint density at radius 2 is 1.47 bits per heavy atom. The van der Waals surface area contributed by atoms with Crippen LogP contribution in [0.15, 0.2) is 54.6 Å². The molecule has 0 bridgehead atoms. The van der Waals surface area contributed by atoms with Crippen LogP contribution in [0.3, 0.4) is 0 Å². The summed E-state index contributed by atoms with van der Waals surface area (Å²) in [6.45, 7) is 6.17. The molecule has 0 aliphatic rings. The van der Waals surface area contributed by atoms with E-state index in [1.807, 2.05) is 0 Å². The van der Waals surface area contributed by atoms with Crippen molar-refractivity contribution < 1.29 is 52.8 Å². The zero-order chi connectivity index (χ0) is 39.1. The van der Waals surface area contributed by atoms with Gasteiger partial charge in [0, 0.05) is 36.8 Å². The standard InChI is InChI=1S/C36H42Cl2N4O11/c1-36(2,3)53-35(48)39-9-10-51-11-12-52-25-8-6-7-21(13-25)19-40-32(45)23-16-27(37)30(28(38)17-23)33(46)42-29(34(47)50-5)20-41-31(44)22-14-24(43)18-26(15-22)49-4/h6-8,13-18,29,43H,9-12,19-20H2,1-5H3,(H,39,48)(H,40,45)(H,41,44)(H,42,46)/t29-/m0/s1. The van der Waals surface area contributed by atoms with Crippen molar-refractivity contribution in [1.82, 2.24) is 21.3 Å². The Kier molecular flexibility index (Phi) is 16.0. The van der Waals surface area contributed by atoms with Crippen molar-refractivity contribution in [2.45, 2.75) is 39.0 Å². The maximum atomic E-state index is 13.2. The molecule has 3 aromatic carbocycles. The van der Waals surface area contributed by atoms with Gasteiger partial charge in [0.1, 0.15) is 35.5 Å². The fourth-order valence-electron chi connectivity index (χ4n) is 4.51. The van der Waals surface area contributed by atoms with Gasteiger partial charge in [-0.2, -0.15) is 0 Å². The number of nitrogens with one attached hydrogen (secondary N) is 4. The molecule has 53 heavy (non-hydrogen) atoms. The van der Waals surface area contributed by atoms with Crippen molar-refractivity contribution in [2.24, 2.45) is 0 Å². The first kappa shape index (κ1) is 42.2. The van der Waals surface area contributed by atoms with Gasteiger partial charge in [0.05, 0.1) is 43.0 Å². The summed E-state index contributed by atoms with van der Waals surface area (Å²) in [7, 11) is 2.47. The minimum absolute atomic E-state index is 0.0440. The number of hydrogen-bond donors (Lipinski definition) is 5. The molecule has 4 amide bonds. The Labute approximate surface area is 316 Å². The van der Waals surface area contributed by atoms with Crippen LogP contribution in [0.4, 0.5) is 4.79 Å². The Balaban J connectivity index is 1.52. The highest BCUT2D eigenvalue weighted by Gasteiger charge is 2.26. The van der Waals surface area contributed by atoms with E-state index in [1.165, 1.54) is 37.4 Å². The molecule has 5 N–H and O–H groups in total. The van der Waals surface area contributed by atoms with E-state index < -0.39 is 41.4 Å². The average Bonchev–Trinajstić information content (AvgIpc) is 3.10. The number of alkyl carbamates (subject to hydrolysis) is 1. The second-order valence-corrected chi connectivity index (χ2v) is 13.0. The Morgan fingerprint density at radius 3 is 2.13 bits per heavy atom. The van der Waals surface area contributed by atoms with Crippen LogP contribution in [-0.4, -0.2) is 93.7 Å². The molecule has 0 aliphatic heterocycles. The van der Waals surface area contributed by atoms with Gasteiger partial charge in [-0.25, -0.2) is 9.59 Å². The second kappa shape index (κ2) is 20.1. The SMILES string of the molecule is COC(=O)[C@H](CNC(=O)c1cc(O)cc(OC)c1)NC(=O)c1c(Cl)cc(C(=O)NCc2cccc(OCCOCCNC(=O)OC(C)(C)C)c2)cc1Cl. The summed E-state index contributed by atoms with van der Waals surface area (Å²) in [5.41, 5.74) is 0.0522. The number of phenolic OH excluding ortho intramolecular Hbond substituents is 1. The monoisotopic (exact) mass is 776 g/mol. The van der Waals surface area contributed by atoms with E-state index in [9.17, 15) is 29.1 Å². The molecular formula is C36H42Cl2N4O11. The summed E-state index contributed by atoms with van der Waals surface area (Å²) < 4.78 is 26.2. The minimum Gasteiger partial charge on any atom is -0.508 e. The zero-order valence-electron chi connectivity index (χ0n) is 29.8. The number of carbonyl (C=O) groups excluding carboxylic acids is 5. The highest BCUT2D eigenvalue weighted by molar-refractivity contribution is 6.40. The largest absolute Gasteiger partial charge is 0.508 e. The molecule has 0 aromatic heterocycles. The van der Waals surface area contributed by atoms with E-state index in [2.05, 4.69) is 21.3 Å². The van der Waals surface area contributed by atoms with Crippen molar-refractivity contribution in [3.63, 3.8) is 0 Å². The lowest BCUT2D eigenvalue weighted by molar-refractivity contribution is -0.142. The van der Waals surface area contributed by atoms with Gasteiger partial charge < -0.3 is 50.1 Å². The molecule has 0 heterocycles. The van der Waals surface area contributed by atoms with Gasteiger partial charge in [-0.15, -0.1) is 0 Å². The van der Waals surface area contributed by atoms with E-state index in [1.54, 1.807) is 45.0 Å². The molecule has 0 unspecified atom stereocenters. The number of aromatic hydroxyl groups is 1. The van der Waals surface area contributed by atoms with E-state index in [-0.39, 0.29) is 77.7 Å². The number of ether oxygens (including phenoxy) is 5. The van der Waals surface area contributed by atoms with Crippen LogP contribution in [0, 0.1) is 0 Å². The first-order chi connectivity index (χ1) is 25.1. The molecule has 0 aliphatic carbocycles. The molecule has 286 valence electrons. The van der Waals surface area contributed by atoms with Gasteiger partial charge in [0.2, 0.25) is 0 Å². The van der Waals surface area contributed by atoms with Gasteiger partial charge >= 0.3 is 12.1 Å². The number of esters is 1. The highest BCUT2D eigenvalue weighted by Crippen LogP contribution is 2.27. The molecule has 0 spiro atoms. The second-order valence-electron chi connectivity index (χ2n) is 12.2. The van der Waals surface area contributed by atoms with Crippen molar-refractivity contribution in [1.29, 1.82) is 0 Å². The smallest absolute Gasteiger partial charge is 0.407 e. The molecule has 1 atom stereocenters. The van der Waals surface area contributed by atoms with Crippen LogP contribution in [0.5, 0.6) is 17.2 Å². The zero-order valence-corrected chi connectivity index (χ0v) is 31.3. The van der Waals surface area contributed by atoms with Crippen LogP contribution in [0.1, 0.15) is 57.4 Å². The Morgan fingerprint density at radius 1 is 0.792 bits per heavy atom. The van der Waals surface area contributed by atoms with Crippen LogP contribution in [0.25, 0.3) is 0 Å². The number of rotatable bonds is 17. The molecule has 3 rings (SSSR count). The van der Waals surface area contributed by atoms with E-state index in [4.69, 9.17) is 46.9 Å². The molecular weight excluding hydrogens is 735 g/mol. The van der Waals surface area contributed by atoms with Crippen LogP contribution < -0.4 is 30.7 Å². The first-order valence-electron chi connectivity index (χ1n) is 16.2. The maximum absolute atomic E-state index is 13.2. The molecule has 17 heteroatoms. The van der Waals surface area contributed by atoms with Crippen molar-refractivity contribution in [3.05, 3.63) is 86.9 Å². The summed E-state index contributed by atoms with van der Waals surface area (Å²) in [5, 5.41) is 19.8. The van der Waals surface area contributed by atoms with Crippen molar-refractivity contribution >= 4 is 53.0 Å². The quantitative estimate of drug-likeness (QED) is 0.0970. The van der Waals surface area contributed by atoms with Crippen molar-refractivity contribution in [3.8, 4) is 17.2 Å². The number of amides is 4. The predicted molar refractivity (Wildman–Crippen MR) is 195 cm³/mol. The third-order valence-corrected chi connectivity index (χ3v) is 7.54. The van der Waals surface area contributed by atoms with Gasteiger partial charge in [-0.05, 0) is 62.7 Å². The number of phenols is 1. The fourth-order valence-corrected chi connectivity index (χ4v) is 5.16. The maximum Gasteiger partial charge on any atom is 0.407 e. The summed E-state index contributed by atoms with van der Waals surface area (Å²) in [4.78, 5) is 63.0. The number of carbonyl (C=O) groups is 5. The minimum atomic E-state index is -1.36. The fraction of sp³-hybridized carbons (Fsp3) is 0.361. The average molecular weight is 778 g/mol. The predicted octanol–water partition coefficient (Wildman–Crippen LogP) is 4.26. The van der Waals surface area contributed by atoms with E-state index in [0.717, 1.165) is 12.7 Å². The molecule has 0 saturated heterocycles. The number of benzene rings is 3. The van der Waals surface area contributed by atoms with Crippen LogP contribution in [0.2, 0.25) is 10.0 Å². The van der Waals surface area contributed by atoms with Gasteiger partial charge in [-0.1, -0.05) is 35.3 Å². The first-order valence-corrected chi connectivity index (χ1v) is 16.9. The third kappa shape index (κ3) is 14.0. The van der Waals surface area contributed by atoms with E-state index in [0.29, 0.717) is 5.75 Å². The summed E-state index contributed by atoms with van der Waals surface area (Å²) in [6.07, 6.45) is -0.520. The highest BCUT2D eigenvalue weighted by atomic mass is 35.5. The molecule has 0 saturated carbocycles.